The van der Waals surface area contributed by atoms with Gasteiger partial charge in [-0.05, 0) is 53.9 Å². The van der Waals surface area contributed by atoms with Gasteiger partial charge in [0.15, 0.2) is 0 Å². The zero-order valence-corrected chi connectivity index (χ0v) is 18.5. The van der Waals surface area contributed by atoms with E-state index in [1.165, 1.54) is 5.56 Å². The summed E-state index contributed by atoms with van der Waals surface area (Å²) < 4.78 is 5.91. The predicted molar refractivity (Wildman–Crippen MR) is 116 cm³/mol. The largest absolute Gasteiger partial charge is 0.507 e. The van der Waals surface area contributed by atoms with Crippen molar-refractivity contribution in [2.24, 2.45) is 10.8 Å². The van der Waals surface area contributed by atoms with E-state index in [-0.39, 0.29) is 29.8 Å². The molecule has 0 aliphatic heterocycles. The summed E-state index contributed by atoms with van der Waals surface area (Å²) in [5.74, 6) is 1.36. The molecule has 1 unspecified atom stereocenters. The van der Waals surface area contributed by atoms with Crippen LogP contribution < -0.4 is 4.74 Å². The average molecular weight is 385 g/mol. The van der Waals surface area contributed by atoms with Crippen molar-refractivity contribution >= 4 is 0 Å². The Balaban J connectivity index is 2.15. The molecule has 3 heteroatoms. The first-order valence-corrected chi connectivity index (χ1v) is 10.1. The maximum absolute atomic E-state index is 10.3. The molecular weight excluding hydrogens is 348 g/mol. The van der Waals surface area contributed by atoms with Crippen LogP contribution in [0.5, 0.6) is 11.5 Å². The Labute approximate surface area is 170 Å². The SMILES string of the molecule is Cc1cc(CO)c(O)c(COc2ccc(C(CC(C)(C)C)C(C)(C)C)cc2)c1. The molecule has 2 rings (SSSR count). The summed E-state index contributed by atoms with van der Waals surface area (Å²) >= 11 is 0. The van der Waals surface area contributed by atoms with Gasteiger partial charge in [-0.25, -0.2) is 0 Å². The molecule has 0 heterocycles. The van der Waals surface area contributed by atoms with E-state index >= 15 is 0 Å². The second-order valence-corrected chi connectivity index (χ2v) is 10.1. The van der Waals surface area contributed by atoms with Crippen LogP contribution in [0, 0.1) is 17.8 Å². The Kier molecular flexibility index (Phi) is 6.82. The highest BCUT2D eigenvalue weighted by Gasteiger charge is 2.30. The van der Waals surface area contributed by atoms with Crippen molar-refractivity contribution in [1.82, 2.24) is 0 Å². The van der Waals surface area contributed by atoms with Gasteiger partial charge in [0.25, 0.3) is 0 Å². The minimum absolute atomic E-state index is 0.114. The van der Waals surface area contributed by atoms with Gasteiger partial charge in [0, 0.05) is 11.1 Å². The molecule has 28 heavy (non-hydrogen) atoms. The molecule has 0 radical (unpaired) electrons. The molecule has 0 saturated carbocycles. The molecule has 0 fully saturated rings. The maximum atomic E-state index is 10.3. The zero-order chi connectivity index (χ0) is 21.1. The van der Waals surface area contributed by atoms with Gasteiger partial charge in [-0.15, -0.1) is 0 Å². The van der Waals surface area contributed by atoms with Gasteiger partial charge >= 0.3 is 0 Å². The number of phenols is 1. The van der Waals surface area contributed by atoms with E-state index in [0.717, 1.165) is 17.7 Å². The van der Waals surface area contributed by atoms with Crippen LogP contribution >= 0.6 is 0 Å². The quantitative estimate of drug-likeness (QED) is 0.611. The molecule has 0 aliphatic carbocycles. The number of ether oxygens (including phenoxy) is 1. The van der Waals surface area contributed by atoms with Gasteiger partial charge in [-0.3, -0.25) is 0 Å². The van der Waals surface area contributed by atoms with Gasteiger partial charge < -0.3 is 14.9 Å². The van der Waals surface area contributed by atoms with Crippen molar-refractivity contribution in [2.45, 2.75) is 74.0 Å². The van der Waals surface area contributed by atoms with Crippen molar-refractivity contribution in [2.75, 3.05) is 0 Å². The third-order valence-corrected chi connectivity index (χ3v) is 5.12. The van der Waals surface area contributed by atoms with E-state index in [1.54, 1.807) is 6.07 Å². The molecule has 0 aliphatic rings. The topological polar surface area (TPSA) is 49.7 Å². The molecule has 0 spiro atoms. The van der Waals surface area contributed by atoms with Crippen LogP contribution in [-0.2, 0) is 13.2 Å². The van der Waals surface area contributed by atoms with Gasteiger partial charge in [0.05, 0.1) is 6.61 Å². The van der Waals surface area contributed by atoms with Crippen LogP contribution in [0.1, 0.15) is 76.1 Å². The van der Waals surface area contributed by atoms with Crippen molar-refractivity contribution in [3.8, 4) is 11.5 Å². The molecule has 2 aromatic carbocycles. The highest BCUT2D eigenvalue weighted by atomic mass is 16.5. The van der Waals surface area contributed by atoms with Crippen LogP contribution in [0.3, 0.4) is 0 Å². The Morgan fingerprint density at radius 1 is 0.929 bits per heavy atom. The van der Waals surface area contributed by atoms with Gasteiger partial charge in [-0.2, -0.15) is 0 Å². The summed E-state index contributed by atoms with van der Waals surface area (Å²) in [6.45, 7) is 15.8. The monoisotopic (exact) mass is 384 g/mol. The molecule has 0 bridgehead atoms. The summed E-state index contributed by atoms with van der Waals surface area (Å²) in [7, 11) is 0. The standard InChI is InChI=1S/C25H36O3/c1-17-12-19(15-26)23(27)20(13-17)16-28-21-10-8-18(9-11-21)22(25(5,6)7)14-24(2,3)4/h8-13,22,26-27H,14-16H2,1-7H3. The molecule has 0 saturated heterocycles. The lowest BCUT2D eigenvalue weighted by molar-refractivity contribution is 0.229. The third kappa shape index (κ3) is 6.00. The smallest absolute Gasteiger partial charge is 0.127 e. The molecule has 1 atom stereocenters. The van der Waals surface area contributed by atoms with Gasteiger partial charge in [0.1, 0.15) is 18.1 Å². The summed E-state index contributed by atoms with van der Waals surface area (Å²) in [6.07, 6.45) is 1.12. The zero-order valence-electron chi connectivity index (χ0n) is 18.5. The first-order valence-electron chi connectivity index (χ1n) is 10.1. The highest BCUT2D eigenvalue weighted by Crippen LogP contribution is 2.43. The average Bonchev–Trinajstić information content (AvgIpc) is 2.59. The number of hydrogen-bond donors (Lipinski definition) is 2. The van der Waals surface area contributed by atoms with E-state index in [1.807, 2.05) is 25.1 Å². The number of aryl methyl sites for hydroxylation is 1. The fraction of sp³-hybridized carbons (Fsp3) is 0.520. The molecule has 2 N–H and O–H groups in total. The van der Waals surface area contributed by atoms with Crippen LogP contribution in [0.2, 0.25) is 0 Å². The molecule has 2 aromatic rings. The highest BCUT2D eigenvalue weighted by molar-refractivity contribution is 5.43. The first-order chi connectivity index (χ1) is 12.9. The van der Waals surface area contributed by atoms with Gasteiger partial charge in [0.2, 0.25) is 0 Å². The minimum Gasteiger partial charge on any atom is -0.507 e. The van der Waals surface area contributed by atoms with E-state index < -0.39 is 0 Å². The second kappa shape index (κ2) is 8.57. The van der Waals surface area contributed by atoms with Crippen LogP contribution in [0.25, 0.3) is 0 Å². The number of hydrogen-bond acceptors (Lipinski definition) is 3. The Morgan fingerprint density at radius 3 is 2.00 bits per heavy atom. The molecular formula is C25H36O3. The number of rotatable bonds is 6. The van der Waals surface area contributed by atoms with Crippen LogP contribution in [0.15, 0.2) is 36.4 Å². The van der Waals surface area contributed by atoms with Crippen molar-refractivity contribution < 1.29 is 14.9 Å². The van der Waals surface area contributed by atoms with E-state index in [2.05, 4.69) is 53.7 Å². The second-order valence-electron chi connectivity index (χ2n) is 10.1. The lowest BCUT2D eigenvalue weighted by Gasteiger charge is -2.36. The fourth-order valence-corrected chi connectivity index (χ4v) is 3.66. The Hall–Kier alpha value is -2.00. The van der Waals surface area contributed by atoms with Gasteiger partial charge in [-0.1, -0.05) is 65.3 Å². The van der Waals surface area contributed by atoms with Crippen molar-refractivity contribution in [3.05, 3.63) is 58.7 Å². The van der Waals surface area contributed by atoms with E-state index in [9.17, 15) is 10.2 Å². The lowest BCUT2D eigenvalue weighted by atomic mass is 9.69. The maximum Gasteiger partial charge on any atom is 0.127 e. The summed E-state index contributed by atoms with van der Waals surface area (Å²) in [5.41, 5.74) is 3.99. The third-order valence-electron chi connectivity index (χ3n) is 5.12. The summed E-state index contributed by atoms with van der Waals surface area (Å²) in [6, 6.07) is 12.0. The van der Waals surface area contributed by atoms with Crippen LogP contribution in [-0.4, -0.2) is 10.2 Å². The van der Waals surface area contributed by atoms with E-state index in [0.29, 0.717) is 17.0 Å². The summed E-state index contributed by atoms with van der Waals surface area (Å²) in [4.78, 5) is 0. The molecule has 3 nitrogen and oxygen atoms in total. The van der Waals surface area contributed by atoms with E-state index in [4.69, 9.17) is 4.74 Å². The van der Waals surface area contributed by atoms with Crippen molar-refractivity contribution in [3.63, 3.8) is 0 Å². The predicted octanol–water partition coefficient (Wildman–Crippen LogP) is 6.34. The first kappa shape index (κ1) is 22.3. The van der Waals surface area contributed by atoms with Crippen LogP contribution in [0.4, 0.5) is 0 Å². The fourth-order valence-electron chi connectivity index (χ4n) is 3.66. The minimum atomic E-state index is -0.183. The number of aliphatic hydroxyl groups is 1. The summed E-state index contributed by atoms with van der Waals surface area (Å²) in [5, 5.41) is 19.6. The Bertz CT molecular complexity index is 777. The Morgan fingerprint density at radius 2 is 1.50 bits per heavy atom. The lowest BCUT2D eigenvalue weighted by Crippen LogP contribution is -2.23. The number of benzene rings is 2. The van der Waals surface area contributed by atoms with Crippen molar-refractivity contribution in [1.29, 1.82) is 0 Å². The molecule has 0 amide bonds. The molecule has 154 valence electrons. The number of aromatic hydroxyl groups is 1. The molecule has 0 aromatic heterocycles. The normalized spacial score (nSPS) is 13.4. The number of aliphatic hydroxyl groups excluding tert-OH is 1.